The molecular formula is C12H20N4O3. The molecule has 1 aliphatic rings. The number of aromatic nitrogens is 2. The number of ether oxygens (including phenoxy) is 1. The molecule has 0 radical (unpaired) electrons. The number of morpholine rings is 1. The van der Waals surface area contributed by atoms with E-state index in [1.807, 2.05) is 6.92 Å². The number of rotatable bonds is 3. The molecule has 1 atom stereocenters. The average molecular weight is 268 g/mol. The number of nitrogens with zero attached hydrogens (tertiary/aromatic N) is 3. The molecule has 2 heterocycles. The van der Waals surface area contributed by atoms with Crippen molar-refractivity contribution in [2.24, 2.45) is 0 Å². The van der Waals surface area contributed by atoms with E-state index >= 15 is 0 Å². The summed E-state index contributed by atoms with van der Waals surface area (Å²) in [6.07, 6.45) is 0.876. The zero-order chi connectivity index (χ0) is 13.9. The van der Waals surface area contributed by atoms with Crippen molar-refractivity contribution in [3.05, 3.63) is 11.7 Å². The van der Waals surface area contributed by atoms with Crippen molar-refractivity contribution in [2.75, 3.05) is 19.7 Å². The van der Waals surface area contributed by atoms with Crippen LogP contribution in [0.2, 0.25) is 0 Å². The van der Waals surface area contributed by atoms with Gasteiger partial charge in [-0.2, -0.15) is 4.98 Å². The zero-order valence-corrected chi connectivity index (χ0v) is 11.6. The number of carbonyl (C=O) groups is 1. The molecule has 1 aliphatic heterocycles. The van der Waals surface area contributed by atoms with E-state index < -0.39 is 0 Å². The number of hydrogen-bond donors (Lipinski definition) is 1. The highest BCUT2D eigenvalue weighted by Gasteiger charge is 2.32. The molecule has 1 saturated heterocycles. The molecule has 106 valence electrons. The Kier molecular flexibility index (Phi) is 4.04. The molecule has 0 aliphatic carbocycles. The normalized spacial score (nSPS) is 23.4. The smallest absolute Gasteiger partial charge is 0.317 e. The van der Waals surface area contributed by atoms with Gasteiger partial charge in [-0.25, -0.2) is 4.79 Å². The Hall–Kier alpha value is -1.63. The molecule has 1 fully saturated rings. The first-order valence-electron chi connectivity index (χ1n) is 6.48. The van der Waals surface area contributed by atoms with Crippen molar-refractivity contribution in [3.63, 3.8) is 0 Å². The van der Waals surface area contributed by atoms with Gasteiger partial charge in [0, 0.05) is 13.5 Å². The number of aryl methyl sites for hydroxylation is 1. The Balaban J connectivity index is 1.86. The van der Waals surface area contributed by atoms with Gasteiger partial charge in [0.1, 0.15) is 0 Å². The van der Waals surface area contributed by atoms with Gasteiger partial charge >= 0.3 is 6.03 Å². The predicted octanol–water partition coefficient (Wildman–Crippen LogP) is 1.09. The van der Waals surface area contributed by atoms with Crippen LogP contribution < -0.4 is 5.32 Å². The zero-order valence-electron chi connectivity index (χ0n) is 11.6. The van der Waals surface area contributed by atoms with E-state index in [1.165, 1.54) is 0 Å². The highest BCUT2D eigenvalue weighted by Crippen LogP contribution is 2.20. The van der Waals surface area contributed by atoms with Crippen molar-refractivity contribution in [2.45, 2.75) is 39.3 Å². The van der Waals surface area contributed by atoms with Gasteiger partial charge in [0.25, 0.3) is 0 Å². The lowest BCUT2D eigenvalue weighted by Crippen LogP contribution is -2.54. The summed E-state index contributed by atoms with van der Waals surface area (Å²) in [6, 6.07) is -0.120. The SMILES string of the molecule is CC[C@]1(C)CN(C(=O)NCc2noc(C)n2)CCO1. The van der Waals surface area contributed by atoms with Gasteiger partial charge in [0.2, 0.25) is 5.89 Å². The van der Waals surface area contributed by atoms with E-state index in [0.717, 1.165) is 6.42 Å². The Morgan fingerprint density at radius 3 is 3.00 bits per heavy atom. The van der Waals surface area contributed by atoms with Gasteiger partial charge in [-0.1, -0.05) is 12.1 Å². The van der Waals surface area contributed by atoms with E-state index in [0.29, 0.717) is 31.4 Å². The Bertz CT molecular complexity index is 448. The maximum absolute atomic E-state index is 12.1. The van der Waals surface area contributed by atoms with E-state index in [2.05, 4.69) is 22.4 Å². The topological polar surface area (TPSA) is 80.5 Å². The molecule has 7 nitrogen and oxygen atoms in total. The molecule has 1 aromatic rings. The molecule has 2 amide bonds. The first kappa shape index (κ1) is 13.8. The quantitative estimate of drug-likeness (QED) is 0.887. The van der Waals surface area contributed by atoms with Gasteiger partial charge in [-0.3, -0.25) is 0 Å². The van der Waals surface area contributed by atoms with Crippen LogP contribution in [0.15, 0.2) is 4.52 Å². The third-order valence-electron chi connectivity index (χ3n) is 3.34. The average Bonchev–Trinajstić information content (AvgIpc) is 2.82. The van der Waals surface area contributed by atoms with Gasteiger partial charge in [-0.05, 0) is 13.3 Å². The van der Waals surface area contributed by atoms with Gasteiger partial charge < -0.3 is 19.5 Å². The fourth-order valence-electron chi connectivity index (χ4n) is 2.00. The van der Waals surface area contributed by atoms with Crippen molar-refractivity contribution in [1.29, 1.82) is 0 Å². The summed E-state index contributed by atoms with van der Waals surface area (Å²) >= 11 is 0. The number of carbonyl (C=O) groups excluding carboxylic acids is 1. The van der Waals surface area contributed by atoms with Crippen molar-refractivity contribution in [1.82, 2.24) is 20.4 Å². The molecule has 1 N–H and O–H groups in total. The molecule has 0 aromatic carbocycles. The van der Waals surface area contributed by atoms with Crippen LogP contribution in [0.4, 0.5) is 4.79 Å². The first-order chi connectivity index (χ1) is 9.02. The maximum atomic E-state index is 12.1. The van der Waals surface area contributed by atoms with Crippen LogP contribution in [0.25, 0.3) is 0 Å². The lowest BCUT2D eigenvalue weighted by atomic mass is 10.0. The molecule has 7 heteroatoms. The second kappa shape index (κ2) is 5.56. The second-order valence-electron chi connectivity index (χ2n) is 4.96. The van der Waals surface area contributed by atoms with Crippen molar-refractivity contribution < 1.29 is 14.1 Å². The summed E-state index contributed by atoms with van der Waals surface area (Å²) in [5.41, 5.74) is -0.252. The summed E-state index contributed by atoms with van der Waals surface area (Å²) in [7, 11) is 0. The molecule has 2 rings (SSSR count). The Morgan fingerprint density at radius 2 is 2.37 bits per heavy atom. The molecule has 0 bridgehead atoms. The van der Waals surface area contributed by atoms with Gasteiger partial charge in [0.15, 0.2) is 5.82 Å². The van der Waals surface area contributed by atoms with Crippen LogP contribution in [0.3, 0.4) is 0 Å². The monoisotopic (exact) mass is 268 g/mol. The summed E-state index contributed by atoms with van der Waals surface area (Å²) < 4.78 is 10.5. The van der Waals surface area contributed by atoms with Crippen molar-refractivity contribution >= 4 is 6.03 Å². The third kappa shape index (κ3) is 3.44. The first-order valence-corrected chi connectivity index (χ1v) is 6.48. The molecule has 1 aromatic heterocycles. The number of hydrogen-bond acceptors (Lipinski definition) is 5. The van der Waals surface area contributed by atoms with Crippen LogP contribution >= 0.6 is 0 Å². The predicted molar refractivity (Wildman–Crippen MR) is 67.5 cm³/mol. The van der Waals surface area contributed by atoms with E-state index in [4.69, 9.17) is 9.26 Å². The number of urea groups is 1. The largest absolute Gasteiger partial charge is 0.372 e. The highest BCUT2D eigenvalue weighted by molar-refractivity contribution is 5.74. The summed E-state index contributed by atoms with van der Waals surface area (Å²) in [4.78, 5) is 17.9. The van der Waals surface area contributed by atoms with E-state index in [-0.39, 0.29) is 18.2 Å². The fourth-order valence-corrected chi connectivity index (χ4v) is 2.00. The van der Waals surface area contributed by atoms with Crippen LogP contribution in [-0.2, 0) is 11.3 Å². The fraction of sp³-hybridized carbons (Fsp3) is 0.750. The van der Waals surface area contributed by atoms with Crippen molar-refractivity contribution in [3.8, 4) is 0 Å². The molecule has 0 saturated carbocycles. The lowest BCUT2D eigenvalue weighted by molar-refractivity contribution is -0.0873. The minimum absolute atomic E-state index is 0.120. The summed E-state index contributed by atoms with van der Waals surface area (Å²) in [6.45, 7) is 7.84. The van der Waals surface area contributed by atoms with Crippen LogP contribution in [0.5, 0.6) is 0 Å². The van der Waals surface area contributed by atoms with Gasteiger partial charge in [-0.15, -0.1) is 0 Å². The molecule has 19 heavy (non-hydrogen) atoms. The maximum Gasteiger partial charge on any atom is 0.317 e. The standard InChI is InChI=1S/C12H20N4O3/c1-4-12(3)8-16(5-6-18-12)11(17)13-7-10-14-9(2)19-15-10/h4-8H2,1-3H3,(H,13,17)/t12-/m1/s1. The number of amides is 2. The van der Waals surface area contributed by atoms with Gasteiger partial charge in [0.05, 0.1) is 25.3 Å². The molecule has 0 spiro atoms. The Morgan fingerprint density at radius 1 is 1.58 bits per heavy atom. The third-order valence-corrected chi connectivity index (χ3v) is 3.34. The second-order valence-corrected chi connectivity index (χ2v) is 4.96. The minimum atomic E-state index is -0.252. The summed E-state index contributed by atoms with van der Waals surface area (Å²) in [5, 5.41) is 6.52. The van der Waals surface area contributed by atoms with E-state index in [1.54, 1.807) is 11.8 Å². The van der Waals surface area contributed by atoms with Crippen LogP contribution in [0.1, 0.15) is 32.0 Å². The molecule has 0 unspecified atom stereocenters. The van der Waals surface area contributed by atoms with Crippen LogP contribution in [0, 0.1) is 6.92 Å². The minimum Gasteiger partial charge on any atom is -0.372 e. The Labute approximate surface area is 112 Å². The van der Waals surface area contributed by atoms with Crippen LogP contribution in [-0.4, -0.2) is 46.4 Å². The summed E-state index contributed by atoms with van der Waals surface area (Å²) in [5.74, 6) is 0.978. The lowest BCUT2D eigenvalue weighted by Gasteiger charge is -2.39. The molecular weight excluding hydrogens is 248 g/mol. The number of nitrogens with one attached hydrogen (secondary N) is 1. The highest BCUT2D eigenvalue weighted by atomic mass is 16.5. The van der Waals surface area contributed by atoms with E-state index in [9.17, 15) is 4.79 Å².